The van der Waals surface area contributed by atoms with Crippen molar-refractivity contribution in [2.24, 2.45) is 4.51 Å². The van der Waals surface area contributed by atoms with E-state index in [2.05, 4.69) is 53.0 Å². The Morgan fingerprint density at radius 3 is 1.88 bits per heavy atom. The van der Waals surface area contributed by atoms with E-state index in [-0.39, 0.29) is 5.92 Å². The van der Waals surface area contributed by atoms with Gasteiger partial charge in [0.1, 0.15) is 0 Å². The Bertz CT molecular complexity index is 515. The van der Waals surface area contributed by atoms with Crippen LogP contribution in [-0.4, -0.2) is 6.21 Å². The van der Waals surface area contributed by atoms with Crippen molar-refractivity contribution in [2.75, 3.05) is 0 Å². The third kappa shape index (κ3) is 1.29. The zero-order valence-electron chi connectivity index (χ0n) is 8.60. The van der Waals surface area contributed by atoms with Crippen LogP contribution in [0, 0.1) is 0 Å². The lowest BCUT2D eigenvalue weighted by atomic mass is 9.99. The van der Waals surface area contributed by atoms with E-state index in [1.165, 1.54) is 22.3 Å². The van der Waals surface area contributed by atoms with Crippen LogP contribution < -0.4 is 0 Å². The summed E-state index contributed by atoms with van der Waals surface area (Å²) in [5, 5.41) is 0. The van der Waals surface area contributed by atoms with Crippen LogP contribution in [0.1, 0.15) is 17.0 Å². The van der Waals surface area contributed by atoms with Gasteiger partial charge in [-0.15, -0.1) is 0 Å². The maximum Gasteiger partial charge on any atom is 0.0467 e. The van der Waals surface area contributed by atoms with E-state index in [0.29, 0.717) is 0 Å². The van der Waals surface area contributed by atoms with Crippen LogP contribution in [0.3, 0.4) is 0 Å². The van der Waals surface area contributed by atoms with Crippen molar-refractivity contribution in [3.05, 3.63) is 59.7 Å². The average molecular weight is 228 g/mol. The third-order valence-corrected chi connectivity index (χ3v) is 3.20. The molecule has 0 fully saturated rings. The summed E-state index contributed by atoms with van der Waals surface area (Å²) in [6, 6.07) is 16.8. The van der Waals surface area contributed by atoms with Gasteiger partial charge < -0.3 is 0 Å². The average Bonchev–Trinajstić information content (AvgIpc) is 2.66. The number of hydrogen-bond donors (Lipinski definition) is 0. The largest absolute Gasteiger partial charge is 0.189 e. The summed E-state index contributed by atoms with van der Waals surface area (Å²) >= 11 is 5.48. The lowest BCUT2D eigenvalue weighted by Crippen LogP contribution is -1.96. The molecule has 0 radical (unpaired) electrons. The zero-order chi connectivity index (χ0) is 11.0. The Morgan fingerprint density at radius 1 is 0.875 bits per heavy atom. The summed E-state index contributed by atoms with van der Waals surface area (Å²) in [5.41, 5.74) is 5.15. The molecule has 0 atom stereocenters. The first-order valence-corrected chi connectivity index (χ1v) is 5.58. The highest BCUT2D eigenvalue weighted by Crippen LogP contribution is 2.43. The molecule has 16 heavy (non-hydrogen) atoms. The molecule has 2 heteroatoms. The molecule has 0 N–H and O–H groups in total. The van der Waals surface area contributed by atoms with E-state index in [4.69, 9.17) is 11.8 Å². The smallest absolute Gasteiger partial charge is 0.0467 e. The van der Waals surface area contributed by atoms with Gasteiger partial charge in [-0.2, -0.15) is 4.51 Å². The van der Waals surface area contributed by atoms with Gasteiger partial charge in [0.15, 0.2) is 0 Å². The third-order valence-electron chi connectivity index (χ3n) is 3.09. The van der Waals surface area contributed by atoms with Crippen LogP contribution in [0.4, 0.5) is 0 Å². The first kappa shape index (κ1) is 9.61. The normalized spacial score (nSPS) is 14.1. The van der Waals surface area contributed by atoms with Gasteiger partial charge >= 0.3 is 0 Å². The van der Waals surface area contributed by atoms with Gasteiger partial charge in [0.25, 0.3) is 0 Å². The number of benzene rings is 2. The van der Waals surface area contributed by atoms with Gasteiger partial charge in [0, 0.05) is 23.9 Å². The molecule has 0 aromatic heterocycles. The van der Waals surface area contributed by atoms with E-state index >= 15 is 0 Å². The van der Waals surface area contributed by atoms with Crippen LogP contribution in [0.5, 0.6) is 0 Å². The van der Waals surface area contributed by atoms with Crippen molar-refractivity contribution in [2.45, 2.75) is 5.92 Å². The predicted octanol–water partition coefficient (Wildman–Crippen LogP) is 4.02. The second-order valence-electron chi connectivity index (χ2n) is 3.90. The van der Waals surface area contributed by atoms with Gasteiger partial charge in [-0.25, -0.2) is 0 Å². The maximum absolute atomic E-state index is 5.48. The summed E-state index contributed by atoms with van der Waals surface area (Å²) in [6.07, 6.45) is 1.80. The zero-order valence-corrected chi connectivity index (χ0v) is 9.35. The molecule has 78 valence electrons. The molecule has 2 aromatic rings. The molecular weight excluding hydrogens is 218 g/mol. The first-order valence-electron chi connectivity index (χ1n) is 5.24. The molecule has 2 aromatic carbocycles. The summed E-state index contributed by atoms with van der Waals surface area (Å²) < 4.78 is 3.66. The summed E-state index contributed by atoms with van der Waals surface area (Å²) in [6.45, 7) is 0. The van der Waals surface area contributed by atoms with Crippen molar-refractivity contribution in [1.29, 1.82) is 0 Å². The molecule has 1 aliphatic rings. The van der Waals surface area contributed by atoms with Crippen molar-refractivity contribution in [3.63, 3.8) is 0 Å². The van der Waals surface area contributed by atoms with E-state index in [1.807, 2.05) is 0 Å². The van der Waals surface area contributed by atoms with Crippen molar-refractivity contribution >= 4 is 18.0 Å². The van der Waals surface area contributed by atoms with Crippen LogP contribution in [0.25, 0.3) is 11.1 Å². The lowest BCUT2D eigenvalue weighted by molar-refractivity contribution is 1.16. The highest BCUT2D eigenvalue weighted by Gasteiger charge is 2.26. The maximum atomic E-state index is 5.48. The van der Waals surface area contributed by atoms with Gasteiger partial charge in [-0.05, 0) is 22.3 Å². The Labute approximate surface area is 99.5 Å². The molecule has 1 aliphatic carbocycles. The molecule has 0 saturated carbocycles. The van der Waals surface area contributed by atoms with Crippen molar-refractivity contribution < 1.29 is 0 Å². The van der Waals surface area contributed by atoms with Crippen LogP contribution in [0.2, 0.25) is 0 Å². The van der Waals surface area contributed by atoms with E-state index in [9.17, 15) is 0 Å². The van der Waals surface area contributed by atoms with Gasteiger partial charge in [-0.1, -0.05) is 48.5 Å². The second kappa shape index (κ2) is 3.76. The summed E-state index contributed by atoms with van der Waals surface area (Å²) in [5.74, 6) is 0.199. The molecule has 0 saturated heterocycles. The van der Waals surface area contributed by atoms with Crippen molar-refractivity contribution in [3.8, 4) is 11.1 Å². The number of fused-ring (bicyclic) bond motifs is 3. The minimum absolute atomic E-state index is 0.199. The Balaban J connectivity index is 2.29. The SMILES string of the molecule is ClN=CC1c2ccccc2-c2ccccc21. The topological polar surface area (TPSA) is 12.4 Å². The standard InChI is InChI=1S/C14H10ClN/c15-16-9-14-12-7-3-1-5-10(12)11-6-2-4-8-13(11)14/h1-9,14H. The Morgan fingerprint density at radius 2 is 1.38 bits per heavy atom. The van der Waals surface area contributed by atoms with Crippen molar-refractivity contribution in [1.82, 2.24) is 0 Å². The molecule has 0 bridgehead atoms. The molecule has 3 rings (SSSR count). The monoisotopic (exact) mass is 227 g/mol. The molecule has 0 amide bonds. The number of hydrogen-bond acceptors (Lipinski definition) is 1. The van der Waals surface area contributed by atoms with Gasteiger partial charge in [0.2, 0.25) is 0 Å². The fourth-order valence-electron chi connectivity index (χ4n) is 2.41. The summed E-state index contributed by atoms with van der Waals surface area (Å²) in [7, 11) is 0. The fourth-order valence-corrected chi connectivity index (χ4v) is 2.52. The van der Waals surface area contributed by atoms with Crippen LogP contribution in [-0.2, 0) is 0 Å². The minimum atomic E-state index is 0.199. The molecule has 1 nitrogen and oxygen atoms in total. The van der Waals surface area contributed by atoms with E-state index in [1.54, 1.807) is 6.21 Å². The lowest BCUT2D eigenvalue weighted by Gasteiger charge is -2.05. The number of halogens is 1. The van der Waals surface area contributed by atoms with Gasteiger partial charge in [0.05, 0.1) is 0 Å². The Kier molecular flexibility index (Phi) is 2.26. The molecule has 0 unspecified atom stereocenters. The van der Waals surface area contributed by atoms with E-state index < -0.39 is 0 Å². The van der Waals surface area contributed by atoms with E-state index in [0.717, 1.165) is 0 Å². The highest BCUT2D eigenvalue weighted by atomic mass is 35.5. The molecule has 0 spiro atoms. The second-order valence-corrected chi connectivity index (χ2v) is 4.09. The number of rotatable bonds is 1. The molecular formula is C14H10ClN. The minimum Gasteiger partial charge on any atom is -0.189 e. The van der Waals surface area contributed by atoms with Crippen LogP contribution >= 0.6 is 11.8 Å². The Hall–Kier alpha value is -1.60. The highest BCUT2D eigenvalue weighted by molar-refractivity contribution is 6.18. The van der Waals surface area contributed by atoms with Crippen LogP contribution in [0.15, 0.2) is 53.0 Å². The molecule has 0 heterocycles. The molecule has 0 aliphatic heterocycles. The van der Waals surface area contributed by atoms with Gasteiger partial charge in [-0.3, -0.25) is 0 Å². The quantitative estimate of drug-likeness (QED) is 0.653. The summed E-state index contributed by atoms with van der Waals surface area (Å²) in [4.78, 5) is 0. The first-order chi connectivity index (χ1) is 7.92. The fraction of sp³-hybridized carbons (Fsp3) is 0.0714. The number of nitrogens with zero attached hydrogens (tertiary/aromatic N) is 1. The predicted molar refractivity (Wildman–Crippen MR) is 68.1 cm³/mol.